The zero-order valence-corrected chi connectivity index (χ0v) is 6.45. The van der Waals surface area contributed by atoms with E-state index in [-0.39, 0.29) is 5.79 Å². The molecule has 1 aliphatic heterocycles. The lowest BCUT2D eigenvalue weighted by Gasteiger charge is -2.45. The van der Waals surface area contributed by atoms with Crippen molar-refractivity contribution in [2.45, 2.75) is 37.3 Å². The molecule has 11 heavy (non-hydrogen) atoms. The molecule has 0 atom stereocenters. The van der Waals surface area contributed by atoms with Crippen LogP contribution in [0.5, 0.6) is 0 Å². The van der Waals surface area contributed by atoms with E-state index >= 15 is 0 Å². The Bertz CT molecular complexity index is 137. The molecule has 4 heteroatoms. The summed E-state index contributed by atoms with van der Waals surface area (Å²) in [5.74, 6) is 0.105. The van der Waals surface area contributed by atoms with Crippen molar-refractivity contribution >= 4 is 7.48 Å². The molecule has 0 aromatic carbocycles. The second kappa shape index (κ2) is 2.77. The first-order chi connectivity index (χ1) is 5.35. The molecule has 1 saturated carbocycles. The third-order valence-corrected chi connectivity index (χ3v) is 2.65. The van der Waals surface area contributed by atoms with E-state index in [9.17, 15) is 0 Å². The van der Waals surface area contributed by atoms with E-state index in [0.29, 0.717) is 12.6 Å². The van der Waals surface area contributed by atoms with Crippen LogP contribution in [0.25, 0.3) is 0 Å². The van der Waals surface area contributed by atoms with E-state index in [1.165, 1.54) is 7.48 Å². The summed E-state index contributed by atoms with van der Waals surface area (Å²) >= 11 is 0. The fraction of sp³-hybridized carbons (Fsp3) is 1.00. The predicted octanol–water partition coefficient (Wildman–Crippen LogP) is 0.661. The number of hydrogen-bond donors (Lipinski definition) is 1. The average Bonchev–Trinajstić information content (AvgIpc) is 2.02. The van der Waals surface area contributed by atoms with E-state index in [4.69, 9.17) is 14.5 Å². The van der Waals surface area contributed by atoms with Gasteiger partial charge in [0.1, 0.15) is 0 Å². The van der Waals surface area contributed by atoms with E-state index in [1.807, 2.05) is 0 Å². The molecule has 2 aliphatic rings. The van der Waals surface area contributed by atoms with Crippen molar-refractivity contribution in [3.63, 3.8) is 0 Å². The van der Waals surface area contributed by atoms with Crippen molar-refractivity contribution in [2.75, 3.05) is 6.79 Å². The molecule has 0 aromatic rings. The van der Waals surface area contributed by atoms with Crippen LogP contribution in [0.1, 0.15) is 25.7 Å². The normalized spacial score (nSPS) is 29.9. The van der Waals surface area contributed by atoms with Crippen LogP contribution in [0.3, 0.4) is 0 Å². The minimum Gasteiger partial charge on any atom is -0.454 e. The van der Waals surface area contributed by atoms with Crippen LogP contribution < -0.4 is 0 Å². The monoisotopic (exact) mass is 155 g/mol. The minimum absolute atomic E-state index is 0.250. The molecule has 61 valence electrons. The van der Waals surface area contributed by atoms with Gasteiger partial charge in [0.05, 0.1) is 0 Å². The third-order valence-electron chi connectivity index (χ3n) is 2.65. The van der Waals surface area contributed by atoms with Gasteiger partial charge in [-0.2, -0.15) is 0 Å². The van der Waals surface area contributed by atoms with Gasteiger partial charge in [-0.05, 0) is 18.7 Å². The molecule has 2 rings (SSSR count). The highest BCUT2D eigenvalue weighted by atomic mass is 16.9. The fourth-order valence-electron chi connectivity index (χ4n) is 1.74. The Morgan fingerprint density at radius 2 is 1.91 bits per heavy atom. The van der Waals surface area contributed by atoms with E-state index < -0.39 is 0 Å². The first-order valence-electron chi connectivity index (χ1n) is 4.10. The molecule has 1 aliphatic carbocycles. The molecule has 1 saturated heterocycles. The van der Waals surface area contributed by atoms with Crippen molar-refractivity contribution in [3.05, 3.63) is 0 Å². The molecule has 3 nitrogen and oxygen atoms in total. The first kappa shape index (κ1) is 7.59. The van der Waals surface area contributed by atoms with Crippen LogP contribution in [0.15, 0.2) is 0 Å². The highest BCUT2D eigenvalue weighted by Gasteiger charge is 2.42. The highest BCUT2D eigenvalue weighted by molar-refractivity contribution is 6.27. The van der Waals surface area contributed by atoms with Crippen LogP contribution in [-0.4, -0.2) is 25.1 Å². The summed E-state index contributed by atoms with van der Waals surface area (Å²) in [7, 11) is 1.30. The summed E-state index contributed by atoms with van der Waals surface area (Å²) in [5, 5.41) is 8.75. The summed E-state index contributed by atoms with van der Waals surface area (Å²) in [5.41, 5.74) is 0. The van der Waals surface area contributed by atoms with Gasteiger partial charge in [-0.15, -0.1) is 0 Å². The van der Waals surface area contributed by atoms with Crippen LogP contribution in [0.4, 0.5) is 0 Å². The van der Waals surface area contributed by atoms with E-state index in [2.05, 4.69) is 0 Å². The van der Waals surface area contributed by atoms with E-state index in [1.54, 1.807) is 0 Å². The fourth-order valence-corrected chi connectivity index (χ4v) is 1.74. The van der Waals surface area contributed by atoms with Crippen molar-refractivity contribution in [1.82, 2.24) is 0 Å². The summed E-state index contributed by atoms with van der Waals surface area (Å²) in [6.07, 6.45) is 3.82. The summed E-state index contributed by atoms with van der Waals surface area (Å²) in [6, 6.07) is 0. The standard InChI is InChI=1S/C7H12BO3/c9-8-6-1-3-7(4-2-6)10-5-11-7/h6,9H,1-5H2. The van der Waals surface area contributed by atoms with Crippen molar-refractivity contribution in [3.8, 4) is 0 Å². The smallest absolute Gasteiger partial charge is 0.290 e. The minimum atomic E-state index is -0.250. The Morgan fingerprint density at radius 3 is 2.27 bits per heavy atom. The first-order valence-corrected chi connectivity index (χ1v) is 4.10. The third kappa shape index (κ3) is 1.30. The van der Waals surface area contributed by atoms with Gasteiger partial charge in [-0.1, -0.05) is 0 Å². The Morgan fingerprint density at radius 1 is 1.27 bits per heavy atom. The van der Waals surface area contributed by atoms with Gasteiger partial charge in [0, 0.05) is 12.8 Å². The van der Waals surface area contributed by atoms with Gasteiger partial charge in [-0.3, -0.25) is 0 Å². The van der Waals surface area contributed by atoms with Gasteiger partial charge >= 0.3 is 0 Å². The maximum Gasteiger partial charge on any atom is 0.290 e. The lowest BCUT2D eigenvalue weighted by atomic mass is 9.69. The number of rotatable bonds is 1. The predicted molar refractivity (Wildman–Crippen MR) is 40.0 cm³/mol. The molecule has 1 heterocycles. The number of hydrogen-bond acceptors (Lipinski definition) is 3. The lowest BCUT2D eigenvalue weighted by molar-refractivity contribution is -0.406. The lowest BCUT2D eigenvalue weighted by Crippen LogP contribution is -2.48. The molecule has 2 fully saturated rings. The quantitative estimate of drug-likeness (QED) is 0.565. The topological polar surface area (TPSA) is 38.7 Å². The Kier molecular flexibility index (Phi) is 1.91. The molecular formula is C7H12BO3. The largest absolute Gasteiger partial charge is 0.454 e. The molecule has 0 aromatic heterocycles. The number of ether oxygens (including phenoxy) is 2. The van der Waals surface area contributed by atoms with Crippen LogP contribution in [0, 0.1) is 0 Å². The van der Waals surface area contributed by atoms with Crippen molar-refractivity contribution in [1.29, 1.82) is 0 Å². The van der Waals surface area contributed by atoms with Crippen molar-refractivity contribution in [2.24, 2.45) is 0 Å². The van der Waals surface area contributed by atoms with Gasteiger partial charge in [0.2, 0.25) is 0 Å². The molecule has 1 N–H and O–H groups in total. The summed E-state index contributed by atoms with van der Waals surface area (Å²) in [6.45, 7) is 0.452. The molecule has 1 radical (unpaired) electrons. The second-order valence-corrected chi connectivity index (χ2v) is 3.30. The maximum atomic E-state index is 8.75. The van der Waals surface area contributed by atoms with Gasteiger partial charge < -0.3 is 14.5 Å². The molecule has 0 bridgehead atoms. The summed E-state index contributed by atoms with van der Waals surface area (Å²) in [4.78, 5) is 0. The molecule has 0 unspecified atom stereocenters. The average molecular weight is 155 g/mol. The van der Waals surface area contributed by atoms with Crippen LogP contribution in [-0.2, 0) is 9.47 Å². The van der Waals surface area contributed by atoms with Gasteiger partial charge in [-0.25, -0.2) is 0 Å². The zero-order chi connectivity index (χ0) is 7.73. The molecule has 1 spiro atoms. The SMILES string of the molecule is O[B]C1CCC2(CC1)OCO2. The van der Waals surface area contributed by atoms with Crippen LogP contribution >= 0.6 is 0 Å². The van der Waals surface area contributed by atoms with Gasteiger partial charge in [0.25, 0.3) is 7.48 Å². The maximum absolute atomic E-state index is 8.75. The highest BCUT2D eigenvalue weighted by Crippen LogP contribution is 2.41. The molecular weight excluding hydrogens is 143 g/mol. The Labute approximate surface area is 67.0 Å². The molecule has 0 amide bonds. The second-order valence-electron chi connectivity index (χ2n) is 3.30. The van der Waals surface area contributed by atoms with Gasteiger partial charge in [0.15, 0.2) is 12.6 Å². The van der Waals surface area contributed by atoms with E-state index in [0.717, 1.165) is 25.7 Å². The zero-order valence-electron chi connectivity index (χ0n) is 6.45. The van der Waals surface area contributed by atoms with Crippen molar-refractivity contribution < 1.29 is 14.5 Å². The summed E-state index contributed by atoms with van der Waals surface area (Å²) < 4.78 is 10.7. The Hall–Kier alpha value is -0.0551. The van der Waals surface area contributed by atoms with Crippen LogP contribution in [0.2, 0.25) is 5.82 Å². The Balaban J connectivity index is 1.84.